The van der Waals surface area contributed by atoms with Crippen LogP contribution in [0.3, 0.4) is 0 Å². The van der Waals surface area contributed by atoms with Crippen molar-refractivity contribution in [3.63, 3.8) is 0 Å². The van der Waals surface area contributed by atoms with Gasteiger partial charge in [-0.25, -0.2) is 15.0 Å². The van der Waals surface area contributed by atoms with Crippen LogP contribution in [0.25, 0.3) is 11.3 Å². The van der Waals surface area contributed by atoms with Gasteiger partial charge in [0, 0.05) is 62.6 Å². The smallest absolute Gasteiger partial charge is 0.227 e. The fourth-order valence-electron chi connectivity index (χ4n) is 4.31. The molecule has 1 fully saturated rings. The number of nitrogens with one attached hydrogen (secondary N) is 2. The highest BCUT2D eigenvalue weighted by molar-refractivity contribution is 5.66. The second-order valence-corrected chi connectivity index (χ2v) is 7.89. The lowest BCUT2D eigenvalue weighted by Crippen LogP contribution is -2.28. The summed E-state index contributed by atoms with van der Waals surface area (Å²) in [4.78, 5) is 18.1. The molecule has 2 aromatic heterocycles. The number of hydrogen-bond acceptors (Lipinski definition) is 8. The summed E-state index contributed by atoms with van der Waals surface area (Å²) in [5.74, 6) is 1.32. The van der Waals surface area contributed by atoms with Crippen LogP contribution in [-0.2, 0) is 0 Å². The Morgan fingerprint density at radius 2 is 2.07 bits per heavy atom. The Labute approximate surface area is 176 Å². The number of nitriles is 1. The Morgan fingerprint density at radius 1 is 1.20 bits per heavy atom. The molecule has 8 nitrogen and oxygen atoms in total. The molecule has 0 spiro atoms. The van der Waals surface area contributed by atoms with Gasteiger partial charge in [-0.2, -0.15) is 5.26 Å². The van der Waals surface area contributed by atoms with E-state index >= 15 is 0 Å². The maximum Gasteiger partial charge on any atom is 0.227 e. The van der Waals surface area contributed by atoms with Gasteiger partial charge in [-0.15, -0.1) is 0 Å². The van der Waals surface area contributed by atoms with Crippen LogP contribution in [0.2, 0.25) is 0 Å². The van der Waals surface area contributed by atoms with E-state index in [4.69, 9.17) is 0 Å². The fourth-order valence-corrected chi connectivity index (χ4v) is 4.31. The highest BCUT2D eigenvalue weighted by Crippen LogP contribution is 2.27. The van der Waals surface area contributed by atoms with E-state index in [2.05, 4.69) is 54.6 Å². The largest absolute Gasteiger partial charge is 0.371 e. The van der Waals surface area contributed by atoms with Gasteiger partial charge in [0.15, 0.2) is 0 Å². The Hall–Kier alpha value is -3.44. The molecule has 2 N–H and O–H groups in total. The third kappa shape index (κ3) is 3.48. The summed E-state index contributed by atoms with van der Waals surface area (Å²) in [6.45, 7) is 4.51. The second-order valence-electron chi connectivity index (χ2n) is 7.89. The monoisotopic (exact) mass is 400 g/mol. The van der Waals surface area contributed by atoms with Crippen molar-refractivity contribution in [2.24, 2.45) is 0 Å². The van der Waals surface area contributed by atoms with Crippen LogP contribution in [0.15, 0.2) is 47.6 Å². The number of likely N-dealkylation sites (N-methyl/N-ethyl adjacent to an activating group) is 1. The van der Waals surface area contributed by atoms with Crippen molar-refractivity contribution in [2.75, 3.05) is 50.0 Å². The highest BCUT2D eigenvalue weighted by atomic mass is 15.2. The van der Waals surface area contributed by atoms with E-state index in [0.29, 0.717) is 11.5 Å². The molecule has 0 saturated carbocycles. The van der Waals surface area contributed by atoms with E-state index < -0.39 is 0 Å². The lowest BCUT2D eigenvalue weighted by molar-refractivity contribution is 0.440. The first-order valence-corrected chi connectivity index (χ1v) is 10.3. The molecule has 30 heavy (non-hydrogen) atoms. The predicted molar refractivity (Wildman–Crippen MR) is 116 cm³/mol. The van der Waals surface area contributed by atoms with Gasteiger partial charge in [0.05, 0.1) is 17.8 Å². The molecule has 0 aromatic carbocycles. The van der Waals surface area contributed by atoms with Gasteiger partial charge in [0.1, 0.15) is 11.9 Å². The molecule has 8 heteroatoms. The van der Waals surface area contributed by atoms with Crippen LogP contribution < -0.4 is 15.5 Å². The zero-order valence-electron chi connectivity index (χ0n) is 17.0. The molecule has 152 valence electrons. The number of aromatic nitrogens is 3. The minimum atomic E-state index is 0.546. The van der Waals surface area contributed by atoms with Gasteiger partial charge in [-0.05, 0) is 36.6 Å². The van der Waals surface area contributed by atoms with Gasteiger partial charge in [-0.1, -0.05) is 0 Å². The number of rotatable bonds is 4. The lowest BCUT2D eigenvalue weighted by Gasteiger charge is -2.27. The Morgan fingerprint density at radius 3 is 2.90 bits per heavy atom. The summed E-state index contributed by atoms with van der Waals surface area (Å²) in [5, 5.41) is 16.4. The summed E-state index contributed by atoms with van der Waals surface area (Å²) < 4.78 is 0. The minimum Gasteiger partial charge on any atom is -0.371 e. The summed E-state index contributed by atoms with van der Waals surface area (Å²) in [5.41, 5.74) is 5.88. The second kappa shape index (κ2) is 7.76. The number of nitrogens with zero attached hydrogens (tertiary/aromatic N) is 6. The first-order chi connectivity index (χ1) is 14.7. The average molecular weight is 400 g/mol. The SMILES string of the molecule is CN1CC(Nc2nccc(-c3cnc(N4CCCC4)c(C#N)c3)n2)=CC2=C1CNC2. The Bertz CT molecular complexity index is 1070. The van der Waals surface area contributed by atoms with E-state index in [1.54, 1.807) is 12.4 Å². The minimum absolute atomic E-state index is 0.546. The molecule has 3 aliphatic heterocycles. The van der Waals surface area contributed by atoms with E-state index in [-0.39, 0.29) is 0 Å². The van der Waals surface area contributed by atoms with E-state index in [1.807, 2.05) is 12.1 Å². The Balaban J connectivity index is 1.39. The molecule has 0 radical (unpaired) electrons. The Kier molecular flexibility index (Phi) is 4.81. The van der Waals surface area contributed by atoms with Crippen LogP contribution in [0.4, 0.5) is 11.8 Å². The van der Waals surface area contributed by atoms with Crippen LogP contribution in [0.5, 0.6) is 0 Å². The maximum absolute atomic E-state index is 9.64. The molecule has 2 aromatic rings. The van der Waals surface area contributed by atoms with Crippen molar-refractivity contribution in [1.29, 1.82) is 5.26 Å². The molecule has 0 unspecified atom stereocenters. The van der Waals surface area contributed by atoms with E-state index in [9.17, 15) is 5.26 Å². The van der Waals surface area contributed by atoms with Crippen LogP contribution >= 0.6 is 0 Å². The van der Waals surface area contributed by atoms with Crippen molar-refractivity contribution >= 4 is 11.8 Å². The van der Waals surface area contributed by atoms with Gasteiger partial charge in [0.2, 0.25) is 5.95 Å². The van der Waals surface area contributed by atoms with Crippen molar-refractivity contribution in [2.45, 2.75) is 12.8 Å². The summed E-state index contributed by atoms with van der Waals surface area (Å²) in [6, 6.07) is 6.03. The predicted octanol–water partition coefficient (Wildman–Crippen LogP) is 2.11. The third-order valence-electron chi connectivity index (χ3n) is 5.81. The molecule has 1 saturated heterocycles. The van der Waals surface area contributed by atoms with Gasteiger partial charge >= 0.3 is 0 Å². The van der Waals surface area contributed by atoms with Crippen molar-refractivity contribution < 1.29 is 0 Å². The highest BCUT2D eigenvalue weighted by Gasteiger charge is 2.22. The van der Waals surface area contributed by atoms with E-state index in [0.717, 1.165) is 68.3 Å². The molecule has 0 bridgehead atoms. The number of pyridine rings is 1. The first-order valence-electron chi connectivity index (χ1n) is 10.3. The summed E-state index contributed by atoms with van der Waals surface area (Å²) in [6.07, 6.45) is 8.02. The molecular weight excluding hydrogens is 376 g/mol. The van der Waals surface area contributed by atoms with Gasteiger partial charge in [0.25, 0.3) is 0 Å². The zero-order valence-corrected chi connectivity index (χ0v) is 17.0. The molecular formula is C22H24N8. The third-order valence-corrected chi connectivity index (χ3v) is 5.81. The summed E-state index contributed by atoms with van der Waals surface area (Å²) in [7, 11) is 2.10. The molecule has 0 atom stereocenters. The van der Waals surface area contributed by atoms with Gasteiger partial charge in [-0.3, -0.25) is 0 Å². The quantitative estimate of drug-likeness (QED) is 0.806. The summed E-state index contributed by atoms with van der Waals surface area (Å²) >= 11 is 0. The van der Waals surface area contributed by atoms with Crippen LogP contribution in [0.1, 0.15) is 18.4 Å². The molecule has 5 rings (SSSR count). The van der Waals surface area contributed by atoms with Crippen LogP contribution in [-0.4, -0.2) is 59.6 Å². The fraction of sp³-hybridized carbons (Fsp3) is 0.364. The maximum atomic E-state index is 9.64. The van der Waals surface area contributed by atoms with Crippen LogP contribution in [0, 0.1) is 11.3 Å². The van der Waals surface area contributed by atoms with Gasteiger partial charge < -0.3 is 20.4 Å². The first kappa shape index (κ1) is 18.6. The zero-order chi connectivity index (χ0) is 20.5. The number of anilines is 2. The van der Waals surface area contributed by atoms with Crippen molar-refractivity contribution in [1.82, 2.24) is 25.2 Å². The van der Waals surface area contributed by atoms with E-state index in [1.165, 1.54) is 11.3 Å². The molecule has 3 aliphatic rings. The number of hydrogen-bond donors (Lipinski definition) is 2. The molecule has 0 aliphatic carbocycles. The normalized spacial score (nSPS) is 18.3. The van der Waals surface area contributed by atoms with Crippen molar-refractivity contribution in [3.8, 4) is 17.3 Å². The molecule has 5 heterocycles. The topological polar surface area (TPSA) is 93.0 Å². The lowest BCUT2D eigenvalue weighted by atomic mass is 10.1. The standard InChI is InChI=1S/C22H24N8/c1-29-14-18(9-17-11-24-13-20(17)29)27-22-25-5-4-19(28-22)16-8-15(10-23)21(26-12-16)30-6-2-3-7-30/h4-5,8-9,12,24H,2-3,6-7,11,13-14H2,1H3,(H,25,27,28). The molecule has 0 amide bonds. The van der Waals surface area contributed by atoms with Crippen molar-refractivity contribution in [3.05, 3.63) is 53.1 Å². The average Bonchev–Trinajstić information content (AvgIpc) is 3.46.